The number of amides is 1. The second-order valence-electron chi connectivity index (χ2n) is 7.31. The number of carboxylic acid groups (broad SMARTS) is 1. The van der Waals surface area contributed by atoms with Crippen molar-refractivity contribution in [3.05, 3.63) is 76.7 Å². The molecule has 0 saturated heterocycles. The van der Waals surface area contributed by atoms with E-state index in [-0.39, 0.29) is 16.9 Å². The Balaban J connectivity index is 1.88. The Bertz CT molecular complexity index is 967. The van der Waals surface area contributed by atoms with Crippen LogP contribution in [0.15, 0.2) is 60.0 Å². The number of thiophene rings is 1. The predicted molar refractivity (Wildman–Crippen MR) is 110 cm³/mol. The third-order valence-corrected chi connectivity index (χ3v) is 5.23. The van der Waals surface area contributed by atoms with Gasteiger partial charge in [-0.1, -0.05) is 63.2 Å². The van der Waals surface area contributed by atoms with E-state index in [1.165, 1.54) is 11.3 Å². The SMILES string of the molecule is CC(C)(C)c1ccc(C(=O)Nc2scc(-c3ccccc3)c2C(=O)O)cc1. The van der Waals surface area contributed by atoms with Crippen LogP contribution in [-0.4, -0.2) is 17.0 Å². The van der Waals surface area contributed by atoms with Crippen molar-refractivity contribution in [1.29, 1.82) is 0 Å². The molecule has 0 aliphatic carbocycles. The van der Waals surface area contributed by atoms with Gasteiger partial charge in [0.15, 0.2) is 0 Å². The second kappa shape index (κ2) is 7.37. The zero-order valence-electron chi connectivity index (χ0n) is 15.4. The third-order valence-electron chi connectivity index (χ3n) is 4.33. The zero-order valence-corrected chi connectivity index (χ0v) is 16.3. The summed E-state index contributed by atoms with van der Waals surface area (Å²) in [5.74, 6) is -1.38. The lowest BCUT2D eigenvalue weighted by molar-refractivity contribution is 0.0699. The summed E-state index contributed by atoms with van der Waals surface area (Å²) in [5.41, 5.74) is 3.16. The van der Waals surface area contributed by atoms with E-state index in [1.54, 1.807) is 17.5 Å². The van der Waals surface area contributed by atoms with Crippen molar-refractivity contribution in [3.8, 4) is 11.1 Å². The van der Waals surface area contributed by atoms with Crippen LogP contribution in [0.5, 0.6) is 0 Å². The van der Waals surface area contributed by atoms with Gasteiger partial charge in [-0.05, 0) is 28.7 Å². The molecule has 1 amide bonds. The number of anilines is 1. The Kier molecular flexibility index (Phi) is 5.15. The number of carboxylic acids is 1. The van der Waals surface area contributed by atoms with Gasteiger partial charge in [0.1, 0.15) is 10.6 Å². The molecule has 2 N–H and O–H groups in total. The number of nitrogens with one attached hydrogen (secondary N) is 1. The first kappa shape index (κ1) is 18.9. The highest BCUT2D eigenvalue weighted by Gasteiger charge is 2.21. The summed E-state index contributed by atoms with van der Waals surface area (Å²) >= 11 is 1.22. The van der Waals surface area contributed by atoms with Gasteiger partial charge in [0.2, 0.25) is 0 Å². The van der Waals surface area contributed by atoms with Crippen molar-refractivity contribution in [3.63, 3.8) is 0 Å². The minimum atomic E-state index is -1.06. The van der Waals surface area contributed by atoms with Gasteiger partial charge >= 0.3 is 5.97 Å². The van der Waals surface area contributed by atoms with Crippen molar-refractivity contribution in [2.24, 2.45) is 0 Å². The maximum Gasteiger partial charge on any atom is 0.339 e. The first-order valence-electron chi connectivity index (χ1n) is 8.59. The highest BCUT2D eigenvalue weighted by molar-refractivity contribution is 7.15. The molecular formula is C22H21NO3S. The number of carbonyl (C=O) groups excluding carboxylic acids is 1. The van der Waals surface area contributed by atoms with Crippen molar-refractivity contribution in [1.82, 2.24) is 0 Å². The van der Waals surface area contributed by atoms with Gasteiger partial charge in [-0.2, -0.15) is 0 Å². The maximum atomic E-state index is 12.6. The second-order valence-corrected chi connectivity index (χ2v) is 8.19. The molecule has 0 aliphatic rings. The van der Waals surface area contributed by atoms with Gasteiger partial charge in [0, 0.05) is 16.5 Å². The van der Waals surface area contributed by atoms with Crippen LogP contribution in [0.3, 0.4) is 0 Å². The summed E-state index contributed by atoms with van der Waals surface area (Å²) < 4.78 is 0. The van der Waals surface area contributed by atoms with Gasteiger partial charge in [-0.15, -0.1) is 11.3 Å². The molecule has 5 heteroatoms. The smallest absolute Gasteiger partial charge is 0.339 e. The highest BCUT2D eigenvalue weighted by atomic mass is 32.1. The Morgan fingerprint density at radius 2 is 1.59 bits per heavy atom. The van der Waals surface area contributed by atoms with Crippen molar-refractivity contribution >= 4 is 28.2 Å². The van der Waals surface area contributed by atoms with E-state index in [9.17, 15) is 14.7 Å². The van der Waals surface area contributed by atoms with Crippen LogP contribution in [0.2, 0.25) is 0 Å². The Hall–Kier alpha value is -2.92. The third kappa shape index (κ3) is 4.09. The summed E-state index contributed by atoms with van der Waals surface area (Å²) in [5, 5.41) is 14.5. The summed E-state index contributed by atoms with van der Waals surface area (Å²) in [7, 11) is 0. The molecule has 0 atom stereocenters. The topological polar surface area (TPSA) is 66.4 Å². The van der Waals surface area contributed by atoms with E-state index < -0.39 is 5.97 Å². The van der Waals surface area contributed by atoms with E-state index in [0.717, 1.165) is 11.1 Å². The summed E-state index contributed by atoms with van der Waals surface area (Å²) in [6, 6.07) is 16.7. The van der Waals surface area contributed by atoms with Crippen LogP contribution in [0.1, 0.15) is 47.1 Å². The van der Waals surface area contributed by atoms with Crippen LogP contribution in [0.25, 0.3) is 11.1 Å². The molecule has 4 nitrogen and oxygen atoms in total. The molecule has 1 aromatic heterocycles. The minimum absolute atomic E-state index is 0.00379. The number of hydrogen-bond acceptors (Lipinski definition) is 3. The van der Waals surface area contributed by atoms with Gasteiger partial charge in [0.25, 0.3) is 5.91 Å². The fourth-order valence-corrected chi connectivity index (χ4v) is 3.75. The van der Waals surface area contributed by atoms with E-state index in [0.29, 0.717) is 16.1 Å². The molecular weight excluding hydrogens is 358 g/mol. The zero-order chi connectivity index (χ0) is 19.6. The number of aromatic carboxylic acids is 1. The van der Waals surface area contributed by atoms with Crippen molar-refractivity contribution < 1.29 is 14.7 Å². The van der Waals surface area contributed by atoms with Crippen LogP contribution >= 0.6 is 11.3 Å². The standard InChI is InChI=1S/C22H21NO3S/c1-22(2,3)16-11-9-15(10-12-16)19(24)23-20-18(21(25)26)17(13-27-20)14-7-5-4-6-8-14/h4-13H,1-3H3,(H,23,24)(H,25,26). The van der Waals surface area contributed by atoms with Crippen LogP contribution in [0.4, 0.5) is 5.00 Å². The molecule has 1 heterocycles. The van der Waals surface area contributed by atoms with E-state index in [2.05, 4.69) is 26.1 Å². The van der Waals surface area contributed by atoms with E-state index in [4.69, 9.17) is 0 Å². The lowest BCUT2D eigenvalue weighted by Gasteiger charge is -2.19. The minimum Gasteiger partial charge on any atom is -0.478 e. The Morgan fingerprint density at radius 3 is 2.15 bits per heavy atom. The Labute approximate surface area is 162 Å². The fourth-order valence-electron chi connectivity index (χ4n) is 2.79. The quantitative estimate of drug-likeness (QED) is 0.614. The molecule has 3 rings (SSSR count). The average molecular weight is 379 g/mol. The molecule has 3 aromatic rings. The van der Waals surface area contributed by atoms with Gasteiger partial charge in [0.05, 0.1) is 0 Å². The average Bonchev–Trinajstić information content (AvgIpc) is 3.05. The highest BCUT2D eigenvalue weighted by Crippen LogP contribution is 2.35. The molecule has 0 unspecified atom stereocenters. The molecule has 0 radical (unpaired) electrons. The summed E-state index contributed by atoms with van der Waals surface area (Å²) in [6.07, 6.45) is 0. The molecule has 2 aromatic carbocycles. The van der Waals surface area contributed by atoms with E-state index in [1.807, 2.05) is 42.5 Å². The molecule has 0 saturated carbocycles. The van der Waals surface area contributed by atoms with Crippen LogP contribution in [0, 0.1) is 0 Å². The molecule has 138 valence electrons. The molecule has 27 heavy (non-hydrogen) atoms. The lowest BCUT2D eigenvalue weighted by atomic mass is 9.87. The number of rotatable bonds is 4. The monoisotopic (exact) mass is 379 g/mol. The number of hydrogen-bond donors (Lipinski definition) is 2. The van der Waals surface area contributed by atoms with Gasteiger partial charge < -0.3 is 10.4 Å². The largest absolute Gasteiger partial charge is 0.478 e. The first-order valence-corrected chi connectivity index (χ1v) is 9.47. The van der Waals surface area contributed by atoms with E-state index >= 15 is 0 Å². The normalized spacial score (nSPS) is 11.2. The van der Waals surface area contributed by atoms with Crippen LogP contribution in [-0.2, 0) is 5.41 Å². The Morgan fingerprint density at radius 1 is 0.963 bits per heavy atom. The molecule has 0 spiro atoms. The molecule has 0 fully saturated rings. The van der Waals surface area contributed by atoms with Gasteiger partial charge in [-0.3, -0.25) is 4.79 Å². The van der Waals surface area contributed by atoms with Crippen molar-refractivity contribution in [2.45, 2.75) is 26.2 Å². The van der Waals surface area contributed by atoms with Gasteiger partial charge in [-0.25, -0.2) is 4.79 Å². The lowest BCUT2D eigenvalue weighted by Crippen LogP contribution is -2.15. The maximum absolute atomic E-state index is 12.6. The van der Waals surface area contributed by atoms with Crippen LogP contribution < -0.4 is 5.32 Å². The number of benzene rings is 2. The number of carbonyl (C=O) groups is 2. The molecule has 0 bridgehead atoms. The molecule has 0 aliphatic heterocycles. The summed E-state index contributed by atoms with van der Waals surface area (Å²) in [6.45, 7) is 6.33. The predicted octanol–water partition coefficient (Wildman–Crippen LogP) is 5.66. The van der Waals surface area contributed by atoms with Crippen molar-refractivity contribution in [2.75, 3.05) is 5.32 Å². The summed E-state index contributed by atoms with van der Waals surface area (Å²) in [4.78, 5) is 24.4. The first-order chi connectivity index (χ1) is 12.8. The fraction of sp³-hybridized carbons (Fsp3) is 0.182.